The van der Waals surface area contributed by atoms with Crippen LogP contribution < -0.4 is 10.1 Å². The number of nitrogens with zero attached hydrogens (tertiary/aromatic N) is 4. The van der Waals surface area contributed by atoms with Crippen LogP contribution in [-0.2, 0) is 22.6 Å². The van der Waals surface area contributed by atoms with Crippen molar-refractivity contribution in [3.05, 3.63) is 47.2 Å². The number of benzene rings is 1. The maximum Gasteiger partial charge on any atom is 0.260 e. The summed E-state index contributed by atoms with van der Waals surface area (Å²) in [5.41, 5.74) is 1.86. The van der Waals surface area contributed by atoms with Crippen LogP contribution >= 0.6 is 0 Å². The van der Waals surface area contributed by atoms with E-state index in [0.29, 0.717) is 31.8 Å². The van der Waals surface area contributed by atoms with Gasteiger partial charge in [0, 0.05) is 51.5 Å². The lowest BCUT2D eigenvalue weighted by atomic mass is 9.96. The molecule has 2 amide bonds. The second-order valence-electron chi connectivity index (χ2n) is 8.22. The Bertz CT molecular complexity index is 981. The van der Waals surface area contributed by atoms with Crippen LogP contribution in [0, 0.1) is 5.82 Å². The fourth-order valence-electron chi connectivity index (χ4n) is 4.28. The van der Waals surface area contributed by atoms with Gasteiger partial charge in [-0.2, -0.15) is 0 Å². The number of hydrogen-bond acceptors (Lipinski definition) is 6. The van der Waals surface area contributed by atoms with E-state index in [1.807, 2.05) is 11.9 Å². The predicted octanol–water partition coefficient (Wildman–Crippen LogP) is 2.35. The van der Waals surface area contributed by atoms with Crippen molar-refractivity contribution in [3.63, 3.8) is 0 Å². The first kappa shape index (κ1) is 22.0. The summed E-state index contributed by atoms with van der Waals surface area (Å²) in [5, 5.41) is 3.15. The van der Waals surface area contributed by atoms with Crippen molar-refractivity contribution in [2.24, 2.45) is 0 Å². The van der Waals surface area contributed by atoms with Crippen LogP contribution in [0.5, 0.6) is 5.75 Å². The molecule has 2 aromatic rings. The van der Waals surface area contributed by atoms with E-state index in [4.69, 9.17) is 14.7 Å². The molecule has 1 atom stereocenters. The number of amides is 2. The van der Waals surface area contributed by atoms with Crippen LogP contribution in [0.2, 0.25) is 0 Å². The Labute approximate surface area is 186 Å². The number of fused-ring (bicyclic) bond motifs is 1. The van der Waals surface area contributed by atoms with Gasteiger partial charge in [0.2, 0.25) is 5.91 Å². The van der Waals surface area contributed by atoms with Gasteiger partial charge in [0.25, 0.3) is 5.91 Å². The maximum atomic E-state index is 13.0. The third-order valence-electron chi connectivity index (χ3n) is 6.07. The molecular formula is C23H28FN5O3. The molecule has 32 heavy (non-hydrogen) atoms. The maximum absolute atomic E-state index is 13.0. The van der Waals surface area contributed by atoms with Crippen LogP contribution in [0.15, 0.2) is 24.3 Å². The molecule has 0 radical (unpaired) electrons. The van der Waals surface area contributed by atoms with E-state index in [0.717, 1.165) is 42.3 Å². The Morgan fingerprint density at radius 3 is 2.69 bits per heavy atom. The zero-order valence-electron chi connectivity index (χ0n) is 18.4. The van der Waals surface area contributed by atoms with E-state index in [1.54, 1.807) is 11.8 Å². The quantitative estimate of drug-likeness (QED) is 0.767. The molecule has 1 saturated heterocycles. The molecule has 9 heteroatoms. The first-order valence-electron chi connectivity index (χ1n) is 10.9. The molecule has 1 N–H and O–H groups in total. The molecule has 0 spiro atoms. The van der Waals surface area contributed by atoms with Crippen molar-refractivity contribution in [3.8, 4) is 5.75 Å². The van der Waals surface area contributed by atoms with Crippen molar-refractivity contribution in [1.82, 2.24) is 19.8 Å². The fraction of sp³-hybridized carbons (Fsp3) is 0.478. The van der Waals surface area contributed by atoms with E-state index in [9.17, 15) is 14.0 Å². The van der Waals surface area contributed by atoms with Crippen molar-refractivity contribution in [2.45, 2.75) is 38.6 Å². The topological polar surface area (TPSA) is 87.7 Å². The minimum Gasteiger partial charge on any atom is -0.484 e. The number of nitrogens with one attached hydrogen (secondary N) is 1. The van der Waals surface area contributed by atoms with Gasteiger partial charge < -0.3 is 19.9 Å². The SMILES string of the molecule is CNc1nc([C@@H]2CCCN(C(C)=O)C2)nc2c1CN(C(=O)COc1ccc(F)cc1)CC2. The average Bonchev–Trinajstić information content (AvgIpc) is 2.82. The molecule has 2 aliphatic rings. The summed E-state index contributed by atoms with van der Waals surface area (Å²) in [6.45, 7) is 3.86. The molecule has 1 aromatic carbocycles. The Hall–Kier alpha value is -3.23. The van der Waals surface area contributed by atoms with Gasteiger partial charge in [0.15, 0.2) is 6.61 Å². The van der Waals surface area contributed by atoms with Crippen molar-refractivity contribution >= 4 is 17.6 Å². The normalized spacial score (nSPS) is 18.2. The van der Waals surface area contributed by atoms with E-state index in [1.165, 1.54) is 24.3 Å². The second-order valence-corrected chi connectivity index (χ2v) is 8.22. The first-order chi connectivity index (χ1) is 15.4. The summed E-state index contributed by atoms with van der Waals surface area (Å²) < 4.78 is 18.5. The van der Waals surface area contributed by atoms with E-state index in [2.05, 4.69) is 5.32 Å². The van der Waals surface area contributed by atoms with Gasteiger partial charge in [-0.1, -0.05) is 0 Å². The molecule has 3 heterocycles. The van der Waals surface area contributed by atoms with Gasteiger partial charge in [-0.15, -0.1) is 0 Å². The Balaban J connectivity index is 1.45. The molecule has 8 nitrogen and oxygen atoms in total. The number of hydrogen-bond donors (Lipinski definition) is 1. The third-order valence-corrected chi connectivity index (χ3v) is 6.07. The molecular weight excluding hydrogens is 413 g/mol. The smallest absolute Gasteiger partial charge is 0.260 e. The Morgan fingerprint density at radius 1 is 1.19 bits per heavy atom. The number of halogens is 1. The number of ether oxygens (including phenoxy) is 1. The summed E-state index contributed by atoms with van der Waals surface area (Å²) in [5.74, 6) is 1.65. The highest BCUT2D eigenvalue weighted by atomic mass is 19.1. The highest BCUT2D eigenvalue weighted by molar-refractivity contribution is 5.78. The highest BCUT2D eigenvalue weighted by Crippen LogP contribution is 2.30. The highest BCUT2D eigenvalue weighted by Gasteiger charge is 2.29. The number of carbonyl (C=O) groups excluding carboxylic acids is 2. The van der Waals surface area contributed by atoms with Gasteiger partial charge in [-0.05, 0) is 37.1 Å². The number of aromatic nitrogens is 2. The predicted molar refractivity (Wildman–Crippen MR) is 117 cm³/mol. The standard InChI is InChI=1S/C23H28FN5O3/c1-15(30)28-10-3-4-16(12-28)22-26-20-9-11-29(13-19(20)23(25-2)27-22)21(31)14-32-18-7-5-17(24)6-8-18/h5-8,16H,3-4,9-14H2,1-2H3,(H,25,26,27)/t16-/m1/s1. The van der Waals surface area contributed by atoms with Crippen LogP contribution in [0.3, 0.4) is 0 Å². The van der Waals surface area contributed by atoms with Gasteiger partial charge in [-0.3, -0.25) is 9.59 Å². The molecule has 1 fully saturated rings. The molecule has 0 saturated carbocycles. The lowest BCUT2D eigenvalue weighted by Gasteiger charge is -2.33. The van der Waals surface area contributed by atoms with Crippen LogP contribution in [0.25, 0.3) is 0 Å². The zero-order valence-corrected chi connectivity index (χ0v) is 18.4. The summed E-state index contributed by atoms with van der Waals surface area (Å²) in [6.07, 6.45) is 2.53. The molecule has 170 valence electrons. The van der Waals surface area contributed by atoms with Crippen LogP contribution in [-0.4, -0.2) is 64.9 Å². The third kappa shape index (κ3) is 4.81. The molecule has 0 unspecified atom stereocenters. The Morgan fingerprint density at radius 2 is 1.97 bits per heavy atom. The molecule has 2 aliphatic heterocycles. The number of likely N-dealkylation sites (tertiary alicyclic amines) is 1. The van der Waals surface area contributed by atoms with Crippen LogP contribution in [0.4, 0.5) is 10.2 Å². The Kier molecular flexibility index (Phi) is 6.53. The number of rotatable bonds is 5. The molecule has 0 bridgehead atoms. The van der Waals surface area contributed by atoms with Gasteiger partial charge in [0.05, 0.1) is 12.2 Å². The van der Waals surface area contributed by atoms with Gasteiger partial charge in [0.1, 0.15) is 23.2 Å². The summed E-state index contributed by atoms with van der Waals surface area (Å²) >= 11 is 0. The number of carbonyl (C=O) groups is 2. The monoisotopic (exact) mass is 441 g/mol. The summed E-state index contributed by atoms with van der Waals surface area (Å²) in [7, 11) is 1.81. The van der Waals surface area contributed by atoms with Crippen molar-refractivity contribution in [1.29, 1.82) is 0 Å². The summed E-state index contributed by atoms with van der Waals surface area (Å²) in [4.78, 5) is 37.7. The number of piperidine rings is 1. The first-order valence-corrected chi connectivity index (χ1v) is 10.9. The lowest BCUT2D eigenvalue weighted by molar-refractivity contribution is -0.134. The fourth-order valence-corrected chi connectivity index (χ4v) is 4.28. The van der Waals surface area contributed by atoms with Crippen molar-refractivity contribution < 1.29 is 18.7 Å². The van der Waals surface area contributed by atoms with E-state index in [-0.39, 0.29) is 30.2 Å². The largest absolute Gasteiger partial charge is 0.484 e. The lowest BCUT2D eigenvalue weighted by Crippen LogP contribution is -2.40. The zero-order chi connectivity index (χ0) is 22.7. The second kappa shape index (κ2) is 9.50. The summed E-state index contributed by atoms with van der Waals surface area (Å²) in [6, 6.07) is 5.60. The minimum atomic E-state index is -0.350. The molecule has 0 aliphatic carbocycles. The van der Waals surface area contributed by atoms with Crippen molar-refractivity contribution in [2.75, 3.05) is 38.6 Å². The van der Waals surface area contributed by atoms with E-state index >= 15 is 0 Å². The molecule has 1 aromatic heterocycles. The minimum absolute atomic E-state index is 0.0820. The average molecular weight is 442 g/mol. The van der Waals surface area contributed by atoms with Gasteiger partial charge >= 0.3 is 0 Å². The van der Waals surface area contributed by atoms with Crippen LogP contribution in [0.1, 0.15) is 42.8 Å². The number of anilines is 1. The van der Waals surface area contributed by atoms with E-state index < -0.39 is 0 Å². The van der Waals surface area contributed by atoms with Gasteiger partial charge in [-0.25, -0.2) is 14.4 Å². The molecule has 4 rings (SSSR count).